The van der Waals surface area contributed by atoms with Crippen molar-refractivity contribution in [2.75, 3.05) is 6.54 Å². The van der Waals surface area contributed by atoms with E-state index in [2.05, 4.69) is 15.9 Å². The second kappa shape index (κ2) is 6.56. The Morgan fingerprint density at radius 3 is 2.80 bits per heavy atom. The molecular weight excluding hydrogens is 342 g/mol. The largest absolute Gasteiger partial charge is 0.392 e. The smallest absolute Gasteiger partial charge is 0.244 e. The lowest BCUT2D eigenvalue weighted by atomic mass is 10.0. The molecule has 20 heavy (non-hydrogen) atoms. The molecule has 0 aromatic heterocycles. The number of aliphatic hydroxyl groups excluding tert-OH is 1. The molecule has 2 rings (SSSR count). The Kier molecular flexibility index (Phi) is 5.23. The summed E-state index contributed by atoms with van der Waals surface area (Å²) in [5.74, 6) is 0. The van der Waals surface area contributed by atoms with Gasteiger partial charge < -0.3 is 5.11 Å². The molecular formula is C14H20BrNO3S. The van der Waals surface area contributed by atoms with Gasteiger partial charge in [0.25, 0.3) is 0 Å². The van der Waals surface area contributed by atoms with Crippen LogP contribution in [0.25, 0.3) is 0 Å². The molecule has 0 aliphatic carbocycles. The molecule has 6 heteroatoms. The molecule has 1 aromatic rings. The summed E-state index contributed by atoms with van der Waals surface area (Å²) in [5.41, 5.74) is 0.608. The zero-order valence-electron chi connectivity index (χ0n) is 11.5. The van der Waals surface area contributed by atoms with Crippen molar-refractivity contribution in [3.05, 3.63) is 28.2 Å². The van der Waals surface area contributed by atoms with Gasteiger partial charge in [0.1, 0.15) is 0 Å². The molecule has 1 aliphatic rings. The maximum atomic E-state index is 12.9. The first-order chi connectivity index (χ1) is 9.50. The third-order valence-electron chi connectivity index (χ3n) is 3.81. The Morgan fingerprint density at radius 1 is 1.40 bits per heavy atom. The van der Waals surface area contributed by atoms with Gasteiger partial charge in [-0.3, -0.25) is 0 Å². The lowest BCUT2D eigenvalue weighted by Gasteiger charge is -2.34. The molecule has 1 aromatic carbocycles. The zero-order chi connectivity index (χ0) is 14.8. The number of hydrogen-bond donors (Lipinski definition) is 1. The molecule has 1 saturated heterocycles. The van der Waals surface area contributed by atoms with Crippen LogP contribution in [-0.4, -0.2) is 30.4 Å². The third kappa shape index (κ3) is 3.08. The number of hydrogen-bond acceptors (Lipinski definition) is 3. The SMILES string of the molecule is CCC1CCCCN1S(=O)(=O)c1cc(CO)ccc1Br. The van der Waals surface area contributed by atoms with Crippen molar-refractivity contribution in [2.45, 2.75) is 50.2 Å². The van der Waals surface area contributed by atoms with E-state index in [1.54, 1.807) is 22.5 Å². The van der Waals surface area contributed by atoms with E-state index < -0.39 is 10.0 Å². The molecule has 0 amide bonds. The lowest BCUT2D eigenvalue weighted by Crippen LogP contribution is -2.43. The van der Waals surface area contributed by atoms with E-state index in [0.717, 1.165) is 25.7 Å². The van der Waals surface area contributed by atoms with Gasteiger partial charge in [0.2, 0.25) is 10.0 Å². The van der Waals surface area contributed by atoms with E-state index in [1.165, 1.54) is 0 Å². The zero-order valence-corrected chi connectivity index (χ0v) is 14.0. The van der Waals surface area contributed by atoms with Gasteiger partial charge in [-0.2, -0.15) is 4.31 Å². The van der Waals surface area contributed by atoms with Crippen LogP contribution >= 0.6 is 15.9 Å². The summed E-state index contributed by atoms with van der Waals surface area (Å²) >= 11 is 3.32. The lowest BCUT2D eigenvalue weighted by molar-refractivity contribution is 0.246. The van der Waals surface area contributed by atoms with E-state index in [-0.39, 0.29) is 17.5 Å². The average molecular weight is 362 g/mol. The van der Waals surface area contributed by atoms with E-state index in [9.17, 15) is 13.5 Å². The quantitative estimate of drug-likeness (QED) is 0.896. The topological polar surface area (TPSA) is 57.6 Å². The van der Waals surface area contributed by atoms with Gasteiger partial charge in [-0.15, -0.1) is 0 Å². The normalized spacial score (nSPS) is 21.1. The first-order valence-corrected chi connectivity index (χ1v) is 9.15. The number of rotatable bonds is 4. The molecule has 0 bridgehead atoms. The Bertz CT molecular complexity index is 574. The van der Waals surface area contributed by atoms with Gasteiger partial charge in [-0.05, 0) is 52.9 Å². The summed E-state index contributed by atoms with van der Waals surface area (Å²) in [5, 5.41) is 9.20. The minimum Gasteiger partial charge on any atom is -0.392 e. The van der Waals surface area contributed by atoms with Gasteiger partial charge in [0.05, 0.1) is 11.5 Å². The summed E-state index contributed by atoms with van der Waals surface area (Å²) in [6.07, 6.45) is 3.75. The monoisotopic (exact) mass is 361 g/mol. The van der Waals surface area contributed by atoms with Crippen LogP contribution in [0.1, 0.15) is 38.2 Å². The first-order valence-electron chi connectivity index (χ1n) is 6.91. The molecule has 1 atom stereocenters. The standard InChI is InChI=1S/C14H20BrNO3S/c1-2-12-5-3-4-8-16(12)20(18,19)14-9-11(10-17)6-7-13(14)15/h6-7,9,12,17H,2-5,8,10H2,1H3. The average Bonchev–Trinajstić information content (AvgIpc) is 2.47. The fraction of sp³-hybridized carbons (Fsp3) is 0.571. The summed E-state index contributed by atoms with van der Waals surface area (Å²) in [4.78, 5) is 0.254. The second-order valence-electron chi connectivity index (χ2n) is 5.10. The Morgan fingerprint density at radius 2 is 2.15 bits per heavy atom. The van der Waals surface area contributed by atoms with Crippen molar-refractivity contribution in [3.63, 3.8) is 0 Å². The van der Waals surface area contributed by atoms with Crippen molar-refractivity contribution in [2.24, 2.45) is 0 Å². The van der Waals surface area contributed by atoms with Crippen LogP contribution in [0.15, 0.2) is 27.6 Å². The molecule has 1 heterocycles. The van der Waals surface area contributed by atoms with Gasteiger partial charge in [-0.1, -0.05) is 19.4 Å². The Balaban J connectivity index is 2.43. The third-order valence-corrected chi connectivity index (χ3v) is 6.75. The summed E-state index contributed by atoms with van der Waals surface area (Å²) in [6.45, 7) is 2.45. The molecule has 4 nitrogen and oxygen atoms in total. The second-order valence-corrected chi connectivity index (χ2v) is 7.81. The predicted octanol–water partition coefficient (Wildman–Crippen LogP) is 2.89. The van der Waals surface area contributed by atoms with Gasteiger partial charge in [-0.25, -0.2) is 8.42 Å². The molecule has 1 N–H and O–H groups in total. The molecule has 0 spiro atoms. The number of benzene rings is 1. The molecule has 0 radical (unpaired) electrons. The first kappa shape index (κ1) is 15.9. The fourth-order valence-corrected chi connectivity index (χ4v) is 5.41. The van der Waals surface area contributed by atoms with Crippen LogP contribution in [0.2, 0.25) is 0 Å². The van der Waals surface area contributed by atoms with Crippen molar-refractivity contribution < 1.29 is 13.5 Å². The number of nitrogens with zero attached hydrogens (tertiary/aromatic N) is 1. The van der Waals surface area contributed by atoms with Gasteiger partial charge in [0.15, 0.2) is 0 Å². The van der Waals surface area contributed by atoms with Crippen LogP contribution in [0.3, 0.4) is 0 Å². The Hall–Kier alpha value is -0.430. The van der Waals surface area contributed by atoms with Crippen LogP contribution in [0.5, 0.6) is 0 Å². The van der Waals surface area contributed by atoms with Gasteiger partial charge >= 0.3 is 0 Å². The van der Waals surface area contributed by atoms with Crippen LogP contribution < -0.4 is 0 Å². The number of sulfonamides is 1. The summed E-state index contributed by atoms with van der Waals surface area (Å²) in [7, 11) is -3.51. The maximum Gasteiger partial charge on any atom is 0.244 e. The minimum absolute atomic E-state index is 0.0819. The highest BCUT2D eigenvalue weighted by Gasteiger charge is 2.33. The Labute approximate surface area is 129 Å². The van der Waals surface area contributed by atoms with E-state index in [0.29, 0.717) is 16.6 Å². The van der Waals surface area contributed by atoms with E-state index in [4.69, 9.17) is 0 Å². The molecule has 1 unspecified atom stereocenters. The van der Waals surface area contributed by atoms with Gasteiger partial charge in [0, 0.05) is 17.1 Å². The van der Waals surface area contributed by atoms with Crippen LogP contribution in [0.4, 0.5) is 0 Å². The highest BCUT2D eigenvalue weighted by Crippen LogP contribution is 2.31. The number of piperidine rings is 1. The molecule has 1 aliphatic heterocycles. The fourth-order valence-electron chi connectivity index (χ4n) is 2.67. The highest BCUT2D eigenvalue weighted by atomic mass is 79.9. The minimum atomic E-state index is -3.51. The molecule has 112 valence electrons. The van der Waals surface area contributed by atoms with Crippen molar-refractivity contribution in [1.82, 2.24) is 4.31 Å². The summed E-state index contributed by atoms with van der Waals surface area (Å²) in [6, 6.07) is 5.04. The molecule has 0 saturated carbocycles. The maximum absolute atomic E-state index is 12.9. The van der Waals surface area contributed by atoms with E-state index in [1.807, 2.05) is 6.92 Å². The number of halogens is 1. The highest BCUT2D eigenvalue weighted by molar-refractivity contribution is 9.10. The van der Waals surface area contributed by atoms with E-state index >= 15 is 0 Å². The van der Waals surface area contributed by atoms with Crippen LogP contribution in [0, 0.1) is 0 Å². The van der Waals surface area contributed by atoms with Crippen molar-refractivity contribution in [1.29, 1.82) is 0 Å². The molecule has 1 fully saturated rings. The van der Waals surface area contributed by atoms with Crippen molar-refractivity contribution in [3.8, 4) is 0 Å². The summed E-state index contributed by atoms with van der Waals surface area (Å²) < 4.78 is 27.9. The van der Waals surface area contributed by atoms with Crippen molar-refractivity contribution >= 4 is 26.0 Å². The van der Waals surface area contributed by atoms with Crippen LogP contribution in [-0.2, 0) is 16.6 Å². The predicted molar refractivity (Wildman–Crippen MR) is 81.9 cm³/mol. The number of aliphatic hydroxyl groups is 1.